The number of carbonyl (C=O) groups is 1. The molecule has 0 aliphatic rings. The number of rotatable bonds is 3. The molecule has 0 aliphatic heterocycles. The largest absolute Gasteiger partial charge is 0.398 e. The Morgan fingerprint density at radius 3 is 2.55 bits per heavy atom. The summed E-state index contributed by atoms with van der Waals surface area (Å²) in [5.74, 6) is -0.120. The van der Waals surface area contributed by atoms with Crippen LogP contribution in [0.1, 0.15) is 5.56 Å². The van der Waals surface area contributed by atoms with Gasteiger partial charge in [-0.25, -0.2) is 0 Å². The third-order valence-electron chi connectivity index (χ3n) is 2.93. The van der Waals surface area contributed by atoms with E-state index in [1.165, 1.54) is 6.08 Å². The normalized spacial score (nSPS) is 10.7. The summed E-state index contributed by atoms with van der Waals surface area (Å²) in [6.07, 6.45) is 3.18. The highest BCUT2D eigenvalue weighted by Gasteiger charge is 2.06. The molecule has 2 N–H and O–H groups in total. The Morgan fingerprint density at radius 2 is 1.90 bits per heavy atom. The highest BCUT2D eigenvalue weighted by molar-refractivity contribution is 6.30. The first-order valence-corrected chi connectivity index (χ1v) is 6.51. The van der Waals surface area contributed by atoms with Crippen molar-refractivity contribution in [3.63, 3.8) is 0 Å². The van der Waals surface area contributed by atoms with Crippen molar-refractivity contribution in [2.45, 2.75) is 0 Å². The minimum atomic E-state index is -0.120. The van der Waals surface area contributed by atoms with E-state index in [1.54, 1.807) is 36.2 Å². The van der Waals surface area contributed by atoms with Crippen LogP contribution in [0.15, 0.2) is 54.6 Å². The van der Waals surface area contributed by atoms with Crippen molar-refractivity contribution in [3.05, 3.63) is 65.2 Å². The van der Waals surface area contributed by atoms with Gasteiger partial charge in [-0.15, -0.1) is 0 Å². The second-order valence-corrected chi connectivity index (χ2v) is 4.78. The first kappa shape index (κ1) is 14.2. The van der Waals surface area contributed by atoms with Gasteiger partial charge in [-0.05, 0) is 35.9 Å². The quantitative estimate of drug-likeness (QED) is 0.692. The van der Waals surface area contributed by atoms with E-state index < -0.39 is 0 Å². The Hall–Kier alpha value is -2.26. The van der Waals surface area contributed by atoms with Crippen LogP contribution in [0.25, 0.3) is 6.08 Å². The standard InChI is InChI=1S/C16H15ClN2O/c1-19(14-5-3-2-4-6-14)16(20)10-8-12-7-9-13(17)11-15(12)18/h2-11H,18H2,1H3. The number of nitrogens with two attached hydrogens (primary N) is 1. The first-order chi connectivity index (χ1) is 9.58. The molecular weight excluding hydrogens is 272 g/mol. The highest BCUT2D eigenvalue weighted by atomic mass is 35.5. The van der Waals surface area contributed by atoms with Crippen LogP contribution in [0.2, 0.25) is 5.02 Å². The Labute approximate surface area is 123 Å². The zero-order valence-electron chi connectivity index (χ0n) is 11.1. The van der Waals surface area contributed by atoms with E-state index in [0.29, 0.717) is 10.7 Å². The van der Waals surface area contributed by atoms with Crippen LogP contribution in [0, 0.1) is 0 Å². The number of halogens is 1. The molecule has 0 radical (unpaired) electrons. The third kappa shape index (κ3) is 3.39. The number of anilines is 2. The van der Waals surface area contributed by atoms with Crippen molar-refractivity contribution in [2.24, 2.45) is 0 Å². The third-order valence-corrected chi connectivity index (χ3v) is 3.16. The van der Waals surface area contributed by atoms with Crippen molar-refractivity contribution in [2.75, 3.05) is 17.7 Å². The van der Waals surface area contributed by atoms with Gasteiger partial charge in [-0.2, -0.15) is 0 Å². The molecule has 2 aromatic carbocycles. The lowest BCUT2D eigenvalue weighted by Crippen LogP contribution is -2.23. The van der Waals surface area contributed by atoms with Gasteiger partial charge in [0.1, 0.15) is 0 Å². The SMILES string of the molecule is CN(C(=O)C=Cc1ccc(Cl)cc1N)c1ccccc1. The van der Waals surface area contributed by atoms with Gasteiger partial charge in [0, 0.05) is 29.5 Å². The zero-order chi connectivity index (χ0) is 14.5. The fourth-order valence-electron chi connectivity index (χ4n) is 1.75. The maximum Gasteiger partial charge on any atom is 0.250 e. The molecule has 0 fully saturated rings. The summed E-state index contributed by atoms with van der Waals surface area (Å²) < 4.78 is 0. The Bertz CT molecular complexity index is 638. The Balaban J connectivity index is 2.13. The van der Waals surface area contributed by atoms with E-state index in [4.69, 9.17) is 17.3 Å². The van der Waals surface area contributed by atoms with E-state index in [1.807, 2.05) is 30.3 Å². The molecule has 0 atom stereocenters. The molecule has 0 bridgehead atoms. The minimum absolute atomic E-state index is 0.120. The van der Waals surface area contributed by atoms with Gasteiger partial charge in [0.2, 0.25) is 0 Å². The molecule has 0 aromatic heterocycles. The van der Waals surface area contributed by atoms with Crippen LogP contribution in [0.5, 0.6) is 0 Å². The van der Waals surface area contributed by atoms with E-state index in [-0.39, 0.29) is 5.91 Å². The molecule has 2 aromatic rings. The van der Waals surface area contributed by atoms with Gasteiger partial charge in [0.25, 0.3) is 5.91 Å². The predicted octanol–water partition coefficient (Wildman–Crippen LogP) is 3.60. The van der Waals surface area contributed by atoms with E-state index in [2.05, 4.69) is 0 Å². The van der Waals surface area contributed by atoms with Crippen molar-refractivity contribution in [1.29, 1.82) is 0 Å². The summed E-state index contributed by atoms with van der Waals surface area (Å²) in [5.41, 5.74) is 7.99. The topological polar surface area (TPSA) is 46.3 Å². The number of benzene rings is 2. The number of hydrogen-bond acceptors (Lipinski definition) is 2. The Morgan fingerprint density at radius 1 is 1.20 bits per heavy atom. The summed E-state index contributed by atoms with van der Waals surface area (Å²) in [6, 6.07) is 14.6. The van der Waals surface area contributed by atoms with Gasteiger partial charge in [0.15, 0.2) is 0 Å². The van der Waals surface area contributed by atoms with Crippen LogP contribution < -0.4 is 10.6 Å². The number of nitrogen functional groups attached to an aromatic ring is 1. The number of amides is 1. The highest BCUT2D eigenvalue weighted by Crippen LogP contribution is 2.19. The number of para-hydroxylation sites is 1. The lowest BCUT2D eigenvalue weighted by atomic mass is 10.1. The van der Waals surface area contributed by atoms with Crippen LogP contribution in [-0.4, -0.2) is 13.0 Å². The number of carbonyl (C=O) groups excluding carboxylic acids is 1. The molecule has 0 unspecified atom stereocenters. The summed E-state index contributed by atoms with van der Waals surface area (Å²) in [6.45, 7) is 0. The first-order valence-electron chi connectivity index (χ1n) is 6.14. The van der Waals surface area contributed by atoms with Crippen molar-refractivity contribution in [3.8, 4) is 0 Å². The summed E-state index contributed by atoms with van der Waals surface area (Å²) in [4.78, 5) is 13.6. The lowest BCUT2D eigenvalue weighted by Gasteiger charge is -2.14. The maximum atomic E-state index is 12.1. The average Bonchev–Trinajstić information content (AvgIpc) is 2.46. The fourth-order valence-corrected chi connectivity index (χ4v) is 1.93. The fraction of sp³-hybridized carbons (Fsp3) is 0.0625. The van der Waals surface area contributed by atoms with E-state index >= 15 is 0 Å². The van der Waals surface area contributed by atoms with Gasteiger partial charge < -0.3 is 10.6 Å². The number of hydrogen-bond donors (Lipinski definition) is 1. The molecule has 0 saturated heterocycles. The second kappa shape index (κ2) is 6.26. The van der Waals surface area contributed by atoms with E-state index in [0.717, 1.165) is 11.3 Å². The van der Waals surface area contributed by atoms with Crippen LogP contribution >= 0.6 is 11.6 Å². The number of likely N-dealkylation sites (N-methyl/N-ethyl adjacent to an activating group) is 1. The van der Waals surface area contributed by atoms with Gasteiger partial charge in [0.05, 0.1) is 0 Å². The lowest BCUT2D eigenvalue weighted by molar-refractivity contribution is -0.113. The summed E-state index contributed by atoms with van der Waals surface area (Å²) in [7, 11) is 1.73. The van der Waals surface area contributed by atoms with Gasteiger partial charge in [-0.3, -0.25) is 4.79 Å². The molecule has 1 amide bonds. The Kier molecular flexibility index (Phi) is 4.43. The molecular formula is C16H15ClN2O. The molecule has 3 nitrogen and oxygen atoms in total. The minimum Gasteiger partial charge on any atom is -0.398 e. The van der Waals surface area contributed by atoms with Crippen molar-refractivity contribution in [1.82, 2.24) is 0 Å². The van der Waals surface area contributed by atoms with Gasteiger partial charge >= 0.3 is 0 Å². The monoisotopic (exact) mass is 286 g/mol. The number of nitrogens with zero attached hydrogens (tertiary/aromatic N) is 1. The van der Waals surface area contributed by atoms with Crippen LogP contribution in [-0.2, 0) is 4.79 Å². The van der Waals surface area contributed by atoms with Crippen LogP contribution in [0.3, 0.4) is 0 Å². The smallest absolute Gasteiger partial charge is 0.250 e. The van der Waals surface area contributed by atoms with Crippen molar-refractivity contribution < 1.29 is 4.79 Å². The van der Waals surface area contributed by atoms with Gasteiger partial charge in [-0.1, -0.05) is 35.9 Å². The molecule has 4 heteroatoms. The summed E-state index contributed by atoms with van der Waals surface area (Å²) >= 11 is 5.83. The molecule has 0 spiro atoms. The van der Waals surface area contributed by atoms with E-state index in [9.17, 15) is 4.79 Å². The second-order valence-electron chi connectivity index (χ2n) is 4.34. The molecule has 0 saturated carbocycles. The average molecular weight is 287 g/mol. The van der Waals surface area contributed by atoms with Crippen LogP contribution in [0.4, 0.5) is 11.4 Å². The molecule has 0 heterocycles. The summed E-state index contributed by atoms with van der Waals surface area (Å²) in [5, 5.41) is 0.576. The molecule has 20 heavy (non-hydrogen) atoms. The zero-order valence-corrected chi connectivity index (χ0v) is 11.8. The van der Waals surface area contributed by atoms with Crippen molar-refractivity contribution >= 4 is 35.0 Å². The maximum absolute atomic E-state index is 12.1. The molecule has 2 rings (SSSR count). The predicted molar refractivity (Wildman–Crippen MR) is 84.8 cm³/mol. The molecule has 0 aliphatic carbocycles. The molecule has 102 valence electrons.